The summed E-state index contributed by atoms with van der Waals surface area (Å²) in [6.07, 6.45) is 3.10. The number of carboxylic acids is 1. The van der Waals surface area contributed by atoms with Gasteiger partial charge in [-0.3, -0.25) is 24.5 Å². The molecule has 2 heterocycles. The van der Waals surface area contributed by atoms with Gasteiger partial charge in [0.25, 0.3) is 5.69 Å². The van der Waals surface area contributed by atoms with E-state index in [1.807, 2.05) is 0 Å². The molecule has 3 rings (SSSR count). The van der Waals surface area contributed by atoms with Gasteiger partial charge in [0.1, 0.15) is 6.54 Å². The largest absolute Gasteiger partial charge is 0.493 e. The Labute approximate surface area is 143 Å². The topological polar surface area (TPSA) is 118 Å². The summed E-state index contributed by atoms with van der Waals surface area (Å²) in [6.45, 7) is -0.444. The summed E-state index contributed by atoms with van der Waals surface area (Å²) < 4.78 is 1.32. The van der Waals surface area contributed by atoms with Crippen molar-refractivity contribution in [3.05, 3.63) is 42.7 Å². The van der Waals surface area contributed by atoms with Crippen molar-refractivity contribution < 1.29 is 19.9 Å². The smallest absolute Gasteiger partial charge is 0.323 e. The van der Waals surface area contributed by atoms with Crippen molar-refractivity contribution in [2.45, 2.75) is 6.54 Å². The summed E-state index contributed by atoms with van der Waals surface area (Å²) in [4.78, 5) is 25.8. The van der Waals surface area contributed by atoms with E-state index >= 15 is 0 Å². The molecule has 10 heteroatoms. The zero-order chi connectivity index (χ0) is 17.4. The van der Waals surface area contributed by atoms with E-state index in [-0.39, 0.29) is 15.5 Å². The fourth-order valence-corrected chi connectivity index (χ4v) is 3.49. The number of aromatic nitrogens is 1. The molecule has 0 bridgehead atoms. The van der Waals surface area contributed by atoms with E-state index in [9.17, 15) is 20.0 Å². The number of nitrogens with zero attached hydrogens (tertiary/aromatic N) is 3. The molecule has 0 aliphatic carbocycles. The Morgan fingerprint density at radius 1 is 1.50 bits per heavy atom. The molecule has 8 nitrogen and oxygen atoms in total. The van der Waals surface area contributed by atoms with E-state index in [1.54, 1.807) is 12.1 Å². The summed E-state index contributed by atoms with van der Waals surface area (Å²) in [5, 5.41) is 29.9. The first-order valence-electron chi connectivity index (χ1n) is 6.56. The molecular formula is C14H9N3O5S2. The van der Waals surface area contributed by atoms with Crippen molar-refractivity contribution >= 4 is 58.8 Å². The molecule has 0 unspecified atom stereocenters. The third-order valence-corrected chi connectivity index (χ3v) is 4.70. The number of nitro benzene ring substituents is 1. The van der Waals surface area contributed by atoms with Gasteiger partial charge in [-0.15, -0.1) is 11.3 Å². The Balaban J connectivity index is 2.05. The molecule has 0 saturated heterocycles. The second kappa shape index (κ2) is 5.98. The van der Waals surface area contributed by atoms with Crippen LogP contribution in [0, 0.1) is 14.1 Å². The van der Waals surface area contributed by atoms with Crippen LogP contribution in [0.25, 0.3) is 11.6 Å². The summed E-state index contributed by atoms with van der Waals surface area (Å²) in [5.74, 6) is -1.38. The normalized spacial score (nSPS) is 14.1. The number of rotatable bonds is 4. The standard InChI is InChI=1S/C14H9N3O5S2/c18-12(19)6-16-13(20)11(24-14(16)23)3-7-5-15-10-2-1-8(17(21)22)4-9(7)10/h1-5,20H,6H2,(H,18,19). The number of aromatic hydroxyl groups is 1. The van der Waals surface area contributed by atoms with Gasteiger partial charge in [-0.2, -0.15) is 0 Å². The highest BCUT2D eigenvalue weighted by molar-refractivity contribution is 7.73. The Morgan fingerprint density at radius 3 is 2.92 bits per heavy atom. The van der Waals surface area contributed by atoms with Crippen LogP contribution in [-0.2, 0) is 11.3 Å². The number of fused-ring (bicyclic) bond motifs is 1. The molecule has 0 fully saturated rings. The lowest BCUT2D eigenvalue weighted by atomic mass is 10.1. The predicted molar refractivity (Wildman–Crippen MR) is 91.6 cm³/mol. The minimum Gasteiger partial charge on any atom is -0.493 e. The maximum atomic E-state index is 10.9. The van der Waals surface area contributed by atoms with Gasteiger partial charge in [-0.05, 0) is 24.4 Å². The molecule has 0 amide bonds. The van der Waals surface area contributed by atoms with Crippen molar-refractivity contribution in [2.24, 2.45) is 4.99 Å². The lowest BCUT2D eigenvalue weighted by Crippen LogP contribution is -2.07. The number of carbonyl (C=O) groups is 1. The van der Waals surface area contributed by atoms with Crippen LogP contribution in [0.3, 0.4) is 0 Å². The van der Waals surface area contributed by atoms with Crippen molar-refractivity contribution in [3.8, 4) is 5.88 Å². The second-order valence-corrected chi connectivity index (χ2v) is 6.53. The second-order valence-electron chi connectivity index (χ2n) is 4.85. The van der Waals surface area contributed by atoms with Gasteiger partial charge in [0.2, 0.25) is 5.88 Å². The molecule has 0 radical (unpaired) electrons. The Kier molecular flexibility index (Phi) is 3.99. The number of carboxylic acid groups (broad SMARTS) is 1. The number of aliphatic carboxylic acids is 1. The van der Waals surface area contributed by atoms with Crippen LogP contribution in [0.4, 0.5) is 11.4 Å². The van der Waals surface area contributed by atoms with Crippen molar-refractivity contribution in [1.29, 1.82) is 0 Å². The molecule has 0 spiro atoms. The highest BCUT2D eigenvalue weighted by Gasteiger charge is 2.19. The van der Waals surface area contributed by atoms with Crippen LogP contribution in [0.15, 0.2) is 23.2 Å². The number of aliphatic imine (C=N–C) groups is 1. The number of nitro groups is 1. The molecule has 0 atom stereocenters. The molecule has 1 aliphatic heterocycles. The third kappa shape index (κ3) is 2.84. The van der Waals surface area contributed by atoms with Crippen LogP contribution < -0.4 is 0 Å². The Hall–Kier alpha value is -2.85. The first-order valence-corrected chi connectivity index (χ1v) is 7.78. The van der Waals surface area contributed by atoms with E-state index in [4.69, 9.17) is 17.3 Å². The van der Waals surface area contributed by atoms with Crippen LogP contribution >= 0.6 is 23.6 Å². The minimum atomic E-state index is -1.12. The first-order chi connectivity index (χ1) is 11.4. The maximum Gasteiger partial charge on any atom is 0.323 e. The van der Waals surface area contributed by atoms with E-state index in [0.717, 1.165) is 15.9 Å². The lowest BCUT2D eigenvalue weighted by Gasteiger charge is -2.01. The molecule has 122 valence electrons. The van der Waals surface area contributed by atoms with Gasteiger partial charge in [0, 0.05) is 29.5 Å². The third-order valence-electron chi connectivity index (χ3n) is 3.32. The van der Waals surface area contributed by atoms with Crippen molar-refractivity contribution in [2.75, 3.05) is 0 Å². The number of benzene rings is 1. The number of hydrogen-bond acceptors (Lipinski definition) is 7. The van der Waals surface area contributed by atoms with E-state index in [2.05, 4.69) is 4.99 Å². The zero-order valence-electron chi connectivity index (χ0n) is 11.9. The van der Waals surface area contributed by atoms with Gasteiger partial charge in [-0.1, -0.05) is 0 Å². The molecule has 2 aromatic rings. The predicted octanol–water partition coefficient (Wildman–Crippen LogP) is 3.23. The first kappa shape index (κ1) is 16.0. The number of allylic oxidation sites excluding steroid dienone is 1. The van der Waals surface area contributed by atoms with E-state index in [0.29, 0.717) is 21.7 Å². The lowest BCUT2D eigenvalue weighted by molar-refractivity contribution is -0.384. The summed E-state index contributed by atoms with van der Waals surface area (Å²) >= 11 is 6.11. The average Bonchev–Trinajstić information content (AvgIpc) is 3.03. The van der Waals surface area contributed by atoms with Crippen molar-refractivity contribution in [1.82, 2.24) is 4.57 Å². The van der Waals surface area contributed by atoms with Gasteiger partial charge in [0.05, 0.1) is 15.5 Å². The summed E-state index contributed by atoms with van der Waals surface area (Å²) in [7, 11) is 0. The fraction of sp³-hybridized carbons (Fsp3) is 0.0714. The van der Waals surface area contributed by atoms with Gasteiger partial charge in [0.15, 0.2) is 3.95 Å². The van der Waals surface area contributed by atoms with E-state index < -0.39 is 17.4 Å². The molecule has 24 heavy (non-hydrogen) atoms. The highest BCUT2D eigenvalue weighted by atomic mass is 32.1. The minimum absolute atomic E-state index is 0.0644. The van der Waals surface area contributed by atoms with Crippen LogP contribution in [0.2, 0.25) is 0 Å². The van der Waals surface area contributed by atoms with Crippen LogP contribution in [0.1, 0.15) is 10.4 Å². The van der Waals surface area contributed by atoms with Gasteiger partial charge >= 0.3 is 5.97 Å². The number of non-ortho nitro benzene ring substituents is 1. The van der Waals surface area contributed by atoms with Crippen LogP contribution in [-0.4, -0.2) is 31.9 Å². The average molecular weight is 363 g/mol. The van der Waals surface area contributed by atoms with Gasteiger partial charge in [-0.25, -0.2) is 0 Å². The number of thiazole rings is 1. The number of hydrogen-bond donors (Lipinski definition) is 2. The zero-order valence-corrected chi connectivity index (χ0v) is 13.5. The molecular weight excluding hydrogens is 354 g/mol. The fourth-order valence-electron chi connectivity index (χ4n) is 2.23. The molecule has 2 N–H and O–H groups in total. The molecule has 1 aromatic carbocycles. The Morgan fingerprint density at radius 2 is 2.25 bits per heavy atom. The Bertz CT molecular complexity index is 987. The summed E-state index contributed by atoms with van der Waals surface area (Å²) in [6, 6.07) is 4.31. The quantitative estimate of drug-likeness (QED) is 0.489. The molecule has 1 aromatic heterocycles. The van der Waals surface area contributed by atoms with Crippen LogP contribution in [0.5, 0.6) is 5.88 Å². The molecule has 1 aliphatic rings. The maximum absolute atomic E-state index is 10.9. The monoisotopic (exact) mass is 363 g/mol. The highest BCUT2D eigenvalue weighted by Crippen LogP contribution is 2.37. The van der Waals surface area contributed by atoms with Gasteiger partial charge < -0.3 is 10.2 Å². The molecule has 0 saturated carbocycles. The summed E-state index contributed by atoms with van der Waals surface area (Å²) in [5.41, 5.74) is 1.65. The van der Waals surface area contributed by atoms with E-state index in [1.165, 1.54) is 18.3 Å². The SMILES string of the molecule is O=C(O)Cn1c(O)c(C=C2C=Nc3ccc([N+](=O)[O-])cc32)sc1=S. The van der Waals surface area contributed by atoms with Crippen molar-refractivity contribution in [3.63, 3.8) is 0 Å².